The summed E-state index contributed by atoms with van der Waals surface area (Å²) >= 11 is 1.81. The van der Waals surface area contributed by atoms with Gasteiger partial charge < -0.3 is 9.67 Å². The predicted molar refractivity (Wildman–Crippen MR) is 88.3 cm³/mol. The standard InChI is InChI=1S/C16H13FN4OS/c17-10-3-4-14-13(6-10)15(16(22)21(14)12-8-23-9-12)20-19-11-2-1-5-18-7-11/h1-7,12,22H,8-9H2. The molecule has 2 aromatic heterocycles. The van der Waals surface area contributed by atoms with E-state index in [2.05, 4.69) is 15.2 Å². The monoisotopic (exact) mass is 328 g/mol. The molecule has 3 aromatic rings. The number of aromatic hydroxyl groups is 1. The Morgan fingerprint density at radius 2 is 2.13 bits per heavy atom. The Bertz CT molecular complexity index is 890. The van der Waals surface area contributed by atoms with Gasteiger partial charge in [0.1, 0.15) is 11.5 Å². The minimum atomic E-state index is -0.365. The summed E-state index contributed by atoms with van der Waals surface area (Å²) in [5, 5.41) is 19.4. The summed E-state index contributed by atoms with van der Waals surface area (Å²) < 4.78 is 15.5. The van der Waals surface area contributed by atoms with Crippen molar-refractivity contribution in [1.82, 2.24) is 9.55 Å². The summed E-state index contributed by atoms with van der Waals surface area (Å²) in [6, 6.07) is 8.17. The molecule has 1 fully saturated rings. The second-order valence-corrected chi connectivity index (χ2v) is 6.38. The number of azo groups is 1. The second kappa shape index (κ2) is 5.66. The first kappa shape index (κ1) is 14.2. The van der Waals surface area contributed by atoms with Crippen molar-refractivity contribution in [1.29, 1.82) is 0 Å². The fourth-order valence-electron chi connectivity index (χ4n) is 2.62. The molecular formula is C16H13FN4OS. The van der Waals surface area contributed by atoms with E-state index in [1.165, 1.54) is 12.1 Å². The highest BCUT2D eigenvalue weighted by Gasteiger charge is 2.27. The summed E-state index contributed by atoms with van der Waals surface area (Å²) in [7, 11) is 0. The van der Waals surface area contributed by atoms with E-state index in [1.807, 2.05) is 16.3 Å². The molecule has 5 nitrogen and oxygen atoms in total. The fourth-order valence-corrected chi connectivity index (χ4v) is 3.36. The number of fused-ring (bicyclic) bond motifs is 1. The molecule has 1 aliphatic heterocycles. The van der Waals surface area contributed by atoms with Crippen LogP contribution in [0.1, 0.15) is 6.04 Å². The SMILES string of the molecule is Oc1c(N=Nc2cccnc2)c2cc(F)ccc2n1C1CSC1. The molecule has 23 heavy (non-hydrogen) atoms. The quantitative estimate of drug-likeness (QED) is 0.716. The molecule has 0 radical (unpaired) electrons. The van der Waals surface area contributed by atoms with Gasteiger partial charge in [-0.25, -0.2) is 4.39 Å². The predicted octanol–water partition coefficient (Wildman–Crippen LogP) is 4.58. The lowest BCUT2D eigenvalue weighted by molar-refractivity contribution is 0.406. The van der Waals surface area contributed by atoms with Crippen LogP contribution >= 0.6 is 11.8 Å². The number of aromatic nitrogens is 2. The lowest BCUT2D eigenvalue weighted by atomic mass is 10.2. The Labute approximate surface area is 135 Å². The maximum absolute atomic E-state index is 13.6. The zero-order valence-electron chi connectivity index (χ0n) is 12.1. The molecule has 0 aliphatic carbocycles. The Kier molecular flexibility index (Phi) is 3.49. The van der Waals surface area contributed by atoms with Crippen LogP contribution in [-0.2, 0) is 0 Å². The van der Waals surface area contributed by atoms with Crippen molar-refractivity contribution in [3.63, 3.8) is 0 Å². The molecular weight excluding hydrogens is 315 g/mol. The highest BCUT2D eigenvalue weighted by molar-refractivity contribution is 8.00. The van der Waals surface area contributed by atoms with Crippen LogP contribution in [-0.4, -0.2) is 26.2 Å². The summed E-state index contributed by atoms with van der Waals surface area (Å²) in [6.45, 7) is 0. The molecule has 116 valence electrons. The first-order valence-electron chi connectivity index (χ1n) is 7.16. The van der Waals surface area contributed by atoms with Crippen molar-refractivity contribution < 1.29 is 9.50 Å². The van der Waals surface area contributed by atoms with E-state index in [0.717, 1.165) is 17.0 Å². The highest BCUT2D eigenvalue weighted by Crippen LogP contribution is 2.45. The molecule has 0 unspecified atom stereocenters. The van der Waals surface area contributed by atoms with E-state index < -0.39 is 0 Å². The van der Waals surface area contributed by atoms with Gasteiger partial charge in [-0.3, -0.25) is 4.98 Å². The smallest absolute Gasteiger partial charge is 0.221 e. The summed E-state index contributed by atoms with van der Waals surface area (Å²) in [5.41, 5.74) is 1.64. The maximum atomic E-state index is 13.6. The summed E-state index contributed by atoms with van der Waals surface area (Å²) in [6.07, 6.45) is 3.22. The van der Waals surface area contributed by atoms with Gasteiger partial charge in [0.2, 0.25) is 5.88 Å². The van der Waals surface area contributed by atoms with Gasteiger partial charge in [-0.05, 0) is 30.3 Å². The van der Waals surface area contributed by atoms with Crippen LogP contribution in [0.15, 0.2) is 53.0 Å². The van der Waals surface area contributed by atoms with Crippen molar-refractivity contribution in [2.24, 2.45) is 10.2 Å². The number of pyridine rings is 1. The van der Waals surface area contributed by atoms with Crippen molar-refractivity contribution in [2.75, 3.05) is 11.5 Å². The normalized spacial score (nSPS) is 15.3. The topological polar surface area (TPSA) is 62.8 Å². The van der Waals surface area contributed by atoms with Crippen molar-refractivity contribution in [2.45, 2.75) is 6.04 Å². The van der Waals surface area contributed by atoms with Crippen molar-refractivity contribution in [3.05, 3.63) is 48.5 Å². The van der Waals surface area contributed by atoms with Gasteiger partial charge >= 0.3 is 0 Å². The van der Waals surface area contributed by atoms with E-state index in [0.29, 0.717) is 16.8 Å². The van der Waals surface area contributed by atoms with Gasteiger partial charge in [-0.1, -0.05) is 0 Å². The van der Waals surface area contributed by atoms with E-state index in [-0.39, 0.29) is 17.7 Å². The zero-order chi connectivity index (χ0) is 15.8. The second-order valence-electron chi connectivity index (χ2n) is 5.31. The third kappa shape index (κ3) is 2.46. The Balaban J connectivity index is 1.86. The molecule has 0 saturated carbocycles. The number of hydrogen-bond acceptors (Lipinski definition) is 5. The van der Waals surface area contributed by atoms with E-state index in [9.17, 15) is 9.50 Å². The molecule has 3 heterocycles. The maximum Gasteiger partial charge on any atom is 0.221 e. The highest BCUT2D eigenvalue weighted by atomic mass is 32.2. The van der Waals surface area contributed by atoms with Crippen LogP contribution in [0.3, 0.4) is 0 Å². The van der Waals surface area contributed by atoms with Gasteiger partial charge in [0.25, 0.3) is 0 Å². The first-order valence-corrected chi connectivity index (χ1v) is 8.31. The lowest BCUT2D eigenvalue weighted by Gasteiger charge is -2.27. The minimum Gasteiger partial charge on any atom is -0.493 e. The van der Waals surface area contributed by atoms with Gasteiger partial charge in [0.05, 0.1) is 17.8 Å². The molecule has 1 aliphatic rings. The zero-order valence-corrected chi connectivity index (χ0v) is 12.9. The fraction of sp³-hybridized carbons (Fsp3) is 0.188. The van der Waals surface area contributed by atoms with E-state index in [1.54, 1.807) is 30.6 Å². The molecule has 1 N–H and O–H groups in total. The Morgan fingerprint density at radius 3 is 2.83 bits per heavy atom. The van der Waals surface area contributed by atoms with Crippen LogP contribution in [0, 0.1) is 5.82 Å². The van der Waals surface area contributed by atoms with E-state index in [4.69, 9.17) is 0 Å². The van der Waals surface area contributed by atoms with Gasteiger partial charge in [0, 0.05) is 23.1 Å². The average Bonchev–Trinajstić information content (AvgIpc) is 2.77. The number of halogens is 1. The number of rotatable bonds is 3. The third-order valence-electron chi connectivity index (χ3n) is 3.81. The average molecular weight is 328 g/mol. The Hall–Kier alpha value is -2.41. The van der Waals surface area contributed by atoms with Crippen molar-refractivity contribution in [3.8, 4) is 5.88 Å². The number of benzene rings is 1. The van der Waals surface area contributed by atoms with E-state index >= 15 is 0 Å². The molecule has 7 heteroatoms. The molecule has 0 spiro atoms. The largest absolute Gasteiger partial charge is 0.493 e. The number of hydrogen-bond donors (Lipinski definition) is 1. The van der Waals surface area contributed by atoms with Gasteiger partial charge in [-0.15, -0.1) is 10.2 Å². The Morgan fingerprint density at radius 1 is 1.26 bits per heavy atom. The van der Waals surface area contributed by atoms with Gasteiger partial charge in [-0.2, -0.15) is 11.8 Å². The molecule has 0 bridgehead atoms. The minimum absolute atomic E-state index is 0.0311. The third-order valence-corrected chi connectivity index (χ3v) is 5.05. The van der Waals surface area contributed by atoms with Gasteiger partial charge in [0.15, 0.2) is 5.69 Å². The number of thioether (sulfide) groups is 1. The summed E-state index contributed by atoms with van der Waals surface area (Å²) in [4.78, 5) is 3.97. The lowest BCUT2D eigenvalue weighted by Crippen LogP contribution is -2.22. The van der Waals surface area contributed by atoms with Crippen LogP contribution in [0.25, 0.3) is 10.9 Å². The van der Waals surface area contributed by atoms with Crippen LogP contribution < -0.4 is 0 Å². The number of nitrogens with zero attached hydrogens (tertiary/aromatic N) is 4. The van der Waals surface area contributed by atoms with Crippen LogP contribution in [0.5, 0.6) is 5.88 Å². The first-order chi connectivity index (χ1) is 11.2. The molecule has 1 saturated heterocycles. The van der Waals surface area contributed by atoms with Crippen molar-refractivity contribution >= 4 is 34.0 Å². The summed E-state index contributed by atoms with van der Waals surface area (Å²) in [5.74, 6) is 1.51. The van der Waals surface area contributed by atoms with Crippen LogP contribution in [0.2, 0.25) is 0 Å². The molecule has 0 atom stereocenters. The molecule has 4 rings (SSSR count). The molecule has 0 amide bonds. The molecule has 1 aromatic carbocycles. The van der Waals surface area contributed by atoms with Crippen LogP contribution in [0.4, 0.5) is 15.8 Å².